The van der Waals surface area contributed by atoms with Crippen LogP contribution in [0.1, 0.15) is 22.3 Å². The molecular formula is C33H34FN3O4S. The van der Waals surface area contributed by atoms with Crippen LogP contribution in [0.4, 0.5) is 10.1 Å². The highest BCUT2D eigenvalue weighted by Crippen LogP contribution is 2.27. The summed E-state index contributed by atoms with van der Waals surface area (Å²) in [5, 5.41) is 2.65. The van der Waals surface area contributed by atoms with E-state index in [1.54, 1.807) is 42.5 Å². The molecule has 0 radical (unpaired) electrons. The standard InChI is InChI=1S/C33H34FN3O4S/c1-24-18-25(2)20-29(19-24)37(42(40,41)30-12-8-5-9-13-30)23-32(38)36(22-27-14-16-28(34)17-15-27)31(33(39)35-3)21-26-10-6-4-7-11-26/h4-20,31H,21-23H2,1-3H3,(H,35,39)/t31-/m1/s1. The first kappa shape index (κ1) is 30.5. The number of benzene rings is 4. The van der Waals surface area contributed by atoms with Crippen LogP contribution in [0.25, 0.3) is 0 Å². The van der Waals surface area contributed by atoms with E-state index in [0.29, 0.717) is 11.3 Å². The molecule has 0 fully saturated rings. The van der Waals surface area contributed by atoms with Crippen LogP contribution in [0.5, 0.6) is 0 Å². The molecule has 0 aliphatic heterocycles. The summed E-state index contributed by atoms with van der Waals surface area (Å²) < 4.78 is 42.8. The molecule has 0 aliphatic rings. The molecular weight excluding hydrogens is 553 g/mol. The van der Waals surface area contributed by atoms with Crippen LogP contribution in [0, 0.1) is 19.7 Å². The van der Waals surface area contributed by atoms with Crippen molar-refractivity contribution in [1.82, 2.24) is 10.2 Å². The average Bonchev–Trinajstić information content (AvgIpc) is 2.98. The number of hydrogen-bond acceptors (Lipinski definition) is 4. The van der Waals surface area contributed by atoms with E-state index in [1.807, 2.05) is 50.2 Å². The van der Waals surface area contributed by atoms with Crippen LogP contribution in [-0.4, -0.2) is 44.8 Å². The number of nitrogens with zero attached hydrogens (tertiary/aromatic N) is 2. The Morgan fingerprint density at radius 2 is 1.38 bits per heavy atom. The molecule has 4 rings (SSSR count). The van der Waals surface area contributed by atoms with Gasteiger partial charge < -0.3 is 10.2 Å². The highest BCUT2D eigenvalue weighted by molar-refractivity contribution is 7.92. The molecule has 9 heteroatoms. The van der Waals surface area contributed by atoms with Crippen molar-refractivity contribution in [3.63, 3.8) is 0 Å². The van der Waals surface area contributed by atoms with Crippen LogP contribution < -0.4 is 9.62 Å². The highest BCUT2D eigenvalue weighted by Gasteiger charge is 2.34. The van der Waals surface area contributed by atoms with Gasteiger partial charge in [0.2, 0.25) is 11.8 Å². The molecule has 2 amide bonds. The van der Waals surface area contributed by atoms with Gasteiger partial charge in [-0.25, -0.2) is 12.8 Å². The molecule has 218 valence electrons. The fraction of sp³-hybridized carbons (Fsp3) is 0.212. The van der Waals surface area contributed by atoms with Crippen molar-refractivity contribution < 1.29 is 22.4 Å². The highest BCUT2D eigenvalue weighted by atomic mass is 32.2. The zero-order chi connectivity index (χ0) is 30.3. The number of nitrogens with one attached hydrogen (secondary N) is 1. The molecule has 7 nitrogen and oxygen atoms in total. The second kappa shape index (κ2) is 13.4. The van der Waals surface area contributed by atoms with Gasteiger partial charge in [0.05, 0.1) is 10.6 Å². The lowest BCUT2D eigenvalue weighted by Gasteiger charge is -2.33. The summed E-state index contributed by atoms with van der Waals surface area (Å²) in [7, 11) is -2.68. The van der Waals surface area contributed by atoms with Crippen LogP contribution in [0.15, 0.2) is 108 Å². The summed E-state index contributed by atoms with van der Waals surface area (Å²) in [6.45, 7) is 3.13. The lowest BCUT2D eigenvalue weighted by molar-refractivity contribution is -0.139. The zero-order valence-electron chi connectivity index (χ0n) is 23.8. The number of aryl methyl sites for hydroxylation is 2. The van der Waals surface area contributed by atoms with Crippen molar-refractivity contribution in [2.24, 2.45) is 0 Å². The molecule has 0 saturated heterocycles. The Labute approximate surface area is 246 Å². The van der Waals surface area contributed by atoms with Gasteiger partial charge >= 0.3 is 0 Å². The molecule has 0 aromatic heterocycles. The number of carbonyl (C=O) groups is 2. The first-order valence-corrected chi connectivity index (χ1v) is 15.0. The van der Waals surface area contributed by atoms with Crippen molar-refractivity contribution >= 4 is 27.5 Å². The van der Waals surface area contributed by atoms with E-state index in [4.69, 9.17) is 0 Å². The van der Waals surface area contributed by atoms with Gasteiger partial charge in [0, 0.05) is 20.0 Å². The SMILES string of the molecule is CNC(=O)[C@@H](Cc1ccccc1)N(Cc1ccc(F)cc1)C(=O)CN(c1cc(C)cc(C)c1)S(=O)(=O)c1ccccc1. The van der Waals surface area contributed by atoms with Gasteiger partial charge in [0.1, 0.15) is 18.4 Å². The van der Waals surface area contributed by atoms with E-state index in [1.165, 1.54) is 36.2 Å². The Morgan fingerprint density at radius 1 is 0.810 bits per heavy atom. The van der Waals surface area contributed by atoms with Crippen molar-refractivity contribution in [3.05, 3.63) is 131 Å². The lowest BCUT2D eigenvalue weighted by Crippen LogP contribution is -2.53. The first-order chi connectivity index (χ1) is 20.1. The number of hydrogen-bond donors (Lipinski definition) is 1. The predicted molar refractivity (Wildman–Crippen MR) is 162 cm³/mol. The number of halogens is 1. The normalized spacial score (nSPS) is 11.9. The molecule has 1 atom stereocenters. The van der Waals surface area contributed by atoms with Gasteiger partial charge in [0.15, 0.2) is 0 Å². The molecule has 4 aromatic carbocycles. The number of rotatable bonds is 11. The summed E-state index contributed by atoms with van der Waals surface area (Å²) >= 11 is 0. The van der Waals surface area contributed by atoms with Crippen LogP contribution >= 0.6 is 0 Å². The number of sulfonamides is 1. The van der Waals surface area contributed by atoms with E-state index in [0.717, 1.165) is 21.0 Å². The maximum atomic E-state index is 14.3. The predicted octanol–water partition coefficient (Wildman–Crippen LogP) is 5.02. The Hall–Kier alpha value is -4.50. The number of carbonyl (C=O) groups excluding carboxylic acids is 2. The van der Waals surface area contributed by atoms with E-state index in [-0.39, 0.29) is 17.9 Å². The van der Waals surface area contributed by atoms with E-state index >= 15 is 0 Å². The topological polar surface area (TPSA) is 86.8 Å². The molecule has 4 aromatic rings. The Balaban J connectivity index is 1.80. The number of amides is 2. The number of likely N-dealkylation sites (N-methyl/N-ethyl adjacent to an activating group) is 1. The summed E-state index contributed by atoms with van der Waals surface area (Å²) in [6.07, 6.45) is 0.197. The molecule has 1 N–H and O–H groups in total. The maximum absolute atomic E-state index is 14.3. The van der Waals surface area contributed by atoms with Crippen molar-refractivity contribution in [2.45, 2.75) is 37.8 Å². The van der Waals surface area contributed by atoms with E-state index in [9.17, 15) is 22.4 Å². The average molecular weight is 588 g/mol. The summed E-state index contributed by atoms with van der Waals surface area (Å²) in [6, 6.07) is 27.2. The van der Waals surface area contributed by atoms with Crippen LogP contribution in [-0.2, 0) is 32.6 Å². The third-order valence-corrected chi connectivity index (χ3v) is 8.68. The largest absolute Gasteiger partial charge is 0.357 e. The van der Waals surface area contributed by atoms with Crippen molar-refractivity contribution in [3.8, 4) is 0 Å². The molecule has 0 saturated carbocycles. The van der Waals surface area contributed by atoms with Crippen molar-refractivity contribution in [2.75, 3.05) is 17.9 Å². The first-order valence-electron chi connectivity index (χ1n) is 13.5. The Bertz CT molecular complexity index is 1610. The number of anilines is 1. The van der Waals surface area contributed by atoms with Gasteiger partial charge in [-0.15, -0.1) is 0 Å². The van der Waals surface area contributed by atoms with E-state index in [2.05, 4.69) is 5.32 Å². The molecule has 0 aliphatic carbocycles. The lowest BCUT2D eigenvalue weighted by atomic mass is 10.0. The molecule has 0 unspecified atom stereocenters. The van der Waals surface area contributed by atoms with Gasteiger partial charge in [0.25, 0.3) is 10.0 Å². The minimum absolute atomic E-state index is 0.0316. The smallest absolute Gasteiger partial charge is 0.264 e. The van der Waals surface area contributed by atoms with Gasteiger partial charge in [-0.1, -0.05) is 66.7 Å². The minimum atomic E-state index is -4.17. The summed E-state index contributed by atoms with van der Waals surface area (Å²) in [4.78, 5) is 28.9. The van der Waals surface area contributed by atoms with E-state index < -0.39 is 40.2 Å². The summed E-state index contributed by atoms with van der Waals surface area (Å²) in [5.74, 6) is -1.42. The fourth-order valence-electron chi connectivity index (χ4n) is 4.85. The van der Waals surface area contributed by atoms with Gasteiger partial charge in [-0.05, 0) is 72.5 Å². The quantitative estimate of drug-likeness (QED) is 0.267. The third-order valence-electron chi connectivity index (χ3n) is 6.89. The van der Waals surface area contributed by atoms with Gasteiger partial charge in [-0.2, -0.15) is 0 Å². The monoisotopic (exact) mass is 587 g/mol. The molecule has 0 bridgehead atoms. The second-order valence-electron chi connectivity index (χ2n) is 10.1. The zero-order valence-corrected chi connectivity index (χ0v) is 24.6. The molecule has 0 heterocycles. The van der Waals surface area contributed by atoms with Crippen molar-refractivity contribution in [1.29, 1.82) is 0 Å². The Kier molecular flexibility index (Phi) is 9.75. The minimum Gasteiger partial charge on any atom is -0.357 e. The fourth-order valence-corrected chi connectivity index (χ4v) is 6.27. The molecule has 42 heavy (non-hydrogen) atoms. The van der Waals surface area contributed by atoms with Crippen LogP contribution in [0.3, 0.4) is 0 Å². The van der Waals surface area contributed by atoms with Gasteiger partial charge in [-0.3, -0.25) is 13.9 Å². The maximum Gasteiger partial charge on any atom is 0.264 e. The summed E-state index contributed by atoms with van der Waals surface area (Å²) in [5.41, 5.74) is 3.43. The third kappa shape index (κ3) is 7.41. The molecule has 0 spiro atoms. The second-order valence-corrected chi connectivity index (χ2v) is 12.0. The van der Waals surface area contributed by atoms with Crippen LogP contribution in [0.2, 0.25) is 0 Å². The Morgan fingerprint density at radius 3 is 1.95 bits per heavy atom.